The van der Waals surface area contributed by atoms with Gasteiger partial charge in [0.05, 0.1) is 11.4 Å². The van der Waals surface area contributed by atoms with E-state index in [-0.39, 0.29) is 0 Å². The maximum atomic E-state index is 5.15. The molecule has 2 aliphatic rings. The summed E-state index contributed by atoms with van der Waals surface area (Å²) in [6.45, 7) is 2.22. The van der Waals surface area contributed by atoms with Gasteiger partial charge in [-0.15, -0.1) is 0 Å². The van der Waals surface area contributed by atoms with Crippen molar-refractivity contribution in [3.05, 3.63) is 24.3 Å². The minimum absolute atomic E-state index is 0.316. The molecule has 0 aliphatic carbocycles. The Morgan fingerprint density at radius 1 is 0.611 bits per heavy atom. The molecule has 0 unspecified atom stereocenters. The summed E-state index contributed by atoms with van der Waals surface area (Å²) in [6, 6.07) is 7.30. The maximum Gasteiger partial charge on any atom is 0.389 e. The predicted molar refractivity (Wildman–Crippen MR) is 64.4 cm³/mol. The van der Waals surface area contributed by atoms with Crippen LogP contribution in [0, 0.1) is 0 Å². The zero-order valence-electron chi connectivity index (χ0n) is 9.67. The number of benzene rings is 1. The molecule has 2 fully saturated rings. The van der Waals surface area contributed by atoms with Crippen molar-refractivity contribution in [2.24, 2.45) is 9.98 Å². The maximum absolute atomic E-state index is 5.15. The molecule has 0 radical (unpaired) electrons. The van der Waals surface area contributed by atoms with Crippen LogP contribution in [0.1, 0.15) is 0 Å². The van der Waals surface area contributed by atoms with Crippen LogP contribution in [0.25, 0.3) is 0 Å². The number of ether oxygens (including phenoxy) is 4. The predicted octanol–water partition coefficient (Wildman–Crippen LogP) is 1.76. The summed E-state index contributed by atoms with van der Waals surface area (Å²) in [6.07, 6.45) is 0.632. The van der Waals surface area contributed by atoms with Crippen LogP contribution in [0.3, 0.4) is 0 Å². The van der Waals surface area contributed by atoms with E-state index in [4.69, 9.17) is 18.9 Å². The van der Waals surface area contributed by atoms with Crippen LogP contribution in [0.5, 0.6) is 0 Å². The van der Waals surface area contributed by atoms with Crippen LogP contribution in [0.15, 0.2) is 34.3 Å². The lowest BCUT2D eigenvalue weighted by Crippen LogP contribution is -1.95. The fourth-order valence-corrected chi connectivity index (χ4v) is 1.54. The molecular weight excluding hydrogens is 236 g/mol. The van der Waals surface area contributed by atoms with Crippen molar-refractivity contribution in [3.63, 3.8) is 0 Å². The minimum Gasteiger partial charge on any atom is -0.447 e. The van der Waals surface area contributed by atoms with Crippen molar-refractivity contribution < 1.29 is 18.9 Å². The molecule has 3 rings (SSSR count). The van der Waals surface area contributed by atoms with Gasteiger partial charge in [0.2, 0.25) is 0 Å². The third kappa shape index (κ3) is 2.53. The highest BCUT2D eigenvalue weighted by atomic mass is 16.7. The first-order valence-electron chi connectivity index (χ1n) is 5.69. The first-order chi connectivity index (χ1) is 8.90. The quantitative estimate of drug-likeness (QED) is 0.800. The van der Waals surface area contributed by atoms with Gasteiger partial charge in [-0.1, -0.05) is 0 Å². The number of nitrogens with zero attached hydrogens (tertiary/aromatic N) is 2. The Balaban J connectivity index is 1.72. The number of hydrogen-bond acceptors (Lipinski definition) is 6. The third-order valence-corrected chi connectivity index (χ3v) is 2.36. The lowest BCUT2D eigenvalue weighted by atomic mass is 10.3. The molecule has 94 valence electrons. The van der Waals surface area contributed by atoms with Crippen molar-refractivity contribution in [2.75, 3.05) is 26.4 Å². The van der Waals surface area contributed by atoms with Gasteiger partial charge in [-0.05, 0) is 24.3 Å². The standard InChI is InChI=1S/C12H12N2O4/c1-2-10(14-12-17-7-8-18-12)4-3-9(1)13-11-15-5-6-16-11/h1-4H,5-8H2. The van der Waals surface area contributed by atoms with Gasteiger partial charge in [-0.3, -0.25) is 0 Å². The Morgan fingerprint density at radius 2 is 0.944 bits per heavy atom. The Morgan fingerprint density at radius 3 is 1.28 bits per heavy atom. The zero-order chi connectivity index (χ0) is 12.2. The molecule has 18 heavy (non-hydrogen) atoms. The number of hydrogen-bond donors (Lipinski definition) is 0. The van der Waals surface area contributed by atoms with Crippen LogP contribution in [-0.2, 0) is 18.9 Å². The van der Waals surface area contributed by atoms with Gasteiger partial charge >= 0.3 is 12.2 Å². The summed E-state index contributed by atoms with van der Waals surface area (Å²) < 4.78 is 20.6. The highest BCUT2D eigenvalue weighted by Gasteiger charge is 2.11. The van der Waals surface area contributed by atoms with Gasteiger partial charge in [-0.2, -0.15) is 9.98 Å². The minimum atomic E-state index is 0.316. The Hall–Kier alpha value is -2.24. The summed E-state index contributed by atoms with van der Waals surface area (Å²) in [5.41, 5.74) is 1.51. The van der Waals surface area contributed by atoms with Crippen molar-refractivity contribution in [1.29, 1.82) is 0 Å². The monoisotopic (exact) mass is 248 g/mol. The average Bonchev–Trinajstić information content (AvgIpc) is 3.05. The van der Waals surface area contributed by atoms with E-state index in [9.17, 15) is 0 Å². The van der Waals surface area contributed by atoms with Crippen molar-refractivity contribution in [1.82, 2.24) is 0 Å². The van der Waals surface area contributed by atoms with Gasteiger partial charge in [0.1, 0.15) is 26.4 Å². The molecule has 0 bridgehead atoms. The van der Waals surface area contributed by atoms with Crippen LogP contribution in [-0.4, -0.2) is 38.6 Å². The summed E-state index contributed by atoms with van der Waals surface area (Å²) in [5.74, 6) is 0. The van der Waals surface area contributed by atoms with Crippen molar-refractivity contribution >= 4 is 23.5 Å². The molecule has 0 N–H and O–H groups in total. The Bertz CT molecular complexity index is 420. The number of aliphatic imine (C=N–C) groups is 2. The fraction of sp³-hybridized carbons (Fsp3) is 0.333. The molecule has 2 heterocycles. The Labute approximate surface area is 104 Å². The molecule has 0 aromatic heterocycles. The van der Waals surface area contributed by atoms with Crippen LogP contribution in [0.4, 0.5) is 11.4 Å². The van der Waals surface area contributed by atoms with E-state index in [2.05, 4.69) is 9.98 Å². The van der Waals surface area contributed by atoms with E-state index in [1.165, 1.54) is 0 Å². The van der Waals surface area contributed by atoms with Gasteiger partial charge in [0.15, 0.2) is 0 Å². The first kappa shape index (κ1) is 10.9. The third-order valence-electron chi connectivity index (χ3n) is 2.36. The van der Waals surface area contributed by atoms with E-state index in [1.807, 2.05) is 24.3 Å². The fourth-order valence-electron chi connectivity index (χ4n) is 1.54. The van der Waals surface area contributed by atoms with Crippen LogP contribution in [0.2, 0.25) is 0 Å². The van der Waals surface area contributed by atoms with Gasteiger partial charge in [-0.25, -0.2) is 0 Å². The second-order valence-corrected chi connectivity index (χ2v) is 3.67. The summed E-state index contributed by atoms with van der Waals surface area (Å²) in [7, 11) is 0. The van der Waals surface area contributed by atoms with E-state index in [0.717, 1.165) is 11.4 Å². The number of rotatable bonds is 2. The SMILES string of the molecule is c1cc(N=C2OCCO2)ccc1N=C1OCCO1. The molecule has 1 aromatic rings. The van der Waals surface area contributed by atoms with Crippen LogP contribution < -0.4 is 0 Å². The molecule has 0 spiro atoms. The zero-order valence-corrected chi connectivity index (χ0v) is 9.67. The molecule has 6 nitrogen and oxygen atoms in total. The highest BCUT2D eigenvalue weighted by Crippen LogP contribution is 2.20. The smallest absolute Gasteiger partial charge is 0.389 e. The molecule has 0 atom stereocenters. The molecule has 2 saturated heterocycles. The molecular formula is C12H12N2O4. The molecule has 1 aromatic carbocycles. The Kier molecular flexibility index (Phi) is 2.99. The van der Waals surface area contributed by atoms with Gasteiger partial charge in [0, 0.05) is 0 Å². The second-order valence-electron chi connectivity index (χ2n) is 3.67. The van der Waals surface area contributed by atoms with Crippen molar-refractivity contribution in [2.45, 2.75) is 0 Å². The molecule has 0 saturated carbocycles. The van der Waals surface area contributed by atoms with Crippen LogP contribution >= 0.6 is 0 Å². The van der Waals surface area contributed by atoms with E-state index < -0.39 is 0 Å². The average molecular weight is 248 g/mol. The lowest BCUT2D eigenvalue weighted by Gasteiger charge is -1.99. The van der Waals surface area contributed by atoms with Gasteiger partial charge < -0.3 is 18.9 Å². The molecule has 0 amide bonds. The summed E-state index contributed by atoms with van der Waals surface area (Å²) >= 11 is 0. The molecule has 2 aliphatic heterocycles. The summed E-state index contributed by atoms with van der Waals surface area (Å²) in [5, 5.41) is 0. The highest BCUT2D eigenvalue weighted by molar-refractivity contribution is 5.74. The normalized spacial score (nSPS) is 17.6. The van der Waals surface area contributed by atoms with E-state index in [1.54, 1.807) is 0 Å². The topological polar surface area (TPSA) is 61.6 Å². The van der Waals surface area contributed by atoms with E-state index >= 15 is 0 Å². The lowest BCUT2D eigenvalue weighted by molar-refractivity contribution is 0.337. The van der Waals surface area contributed by atoms with Crippen molar-refractivity contribution in [3.8, 4) is 0 Å². The van der Waals surface area contributed by atoms with E-state index in [0.29, 0.717) is 38.6 Å². The summed E-state index contributed by atoms with van der Waals surface area (Å²) in [4.78, 5) is 8.38. The first-order valence-corrected chi connectivity index (χ1v) is 5.69. The molecule has 6 heteroatoms. The largest absolute Gasteiger partial charge is 0.447 e. The second kappa shape index (κ2) is 4.95. The van der Waals surface area contributed by atoms with Gasteiger partial charge in [0.25, 0.3) is 0 Å².